The molecule has 2 aromatic carbocycles. The number of H-pyrrole nitrogens is 1. The predicted molar refractivity (Wildman–Crippen MR) is 125 cm³/mol. The number of benzene rings is 2. The number of nitrogens with zero attached hydrogens (tertiary/aromatic N) is 3. The summed E-state index contributed by atoms with van der Waals surface area (Å²) in [5.41, 5.74) is 4.48. The summed E-state index contributed by atoms with van der Waals surface area (Å²) in [5, 5.41) is 19.6. The summed E-state index contributed by atoms with van der Waals surface area (Å²) in [6, 6.07) is 14.9. The molecule has 0 spiro atoms. The molecule has 0 unspecified atom stereocenters. The lowest BCUT2D eigenvalue weighted by atomic mass is 10.0. The number of hydrogen-bond donors (Lipinski definition) is 3. The van der Waals surface area contributed by atoms with E-state index in [-0.39, 0.29) is 5.88 Å². The fourth-order valence-corrected chi connectivity index (χ4v) is 5.28. The average Bonchev–Trinajstić information content (AvgIpc) is 3.52. The van der Waals surface area contributed by atoms with Crippen molar-refractivity contribution in [2.45, 2.75) is 18.5 Å². The Balaban J connectivity index is 1.31. The molecule has 2 saturated heterocycles. The highest BCUT2D eigenvalue weighted by molar-refractivity contribution is 9.10. The van der Waals surface area contributed by atoms with Crippen LogP contribution < -0.4 is 5.32 Å². The van der Waals surface area contributed by atoms with E-state index in [0.717, 1.165) is 46.3 Å². The molecule has 0 amide bonds. The molecule has 2 bridgehead atoms. The Morgan fingerprint density at radius 2 is 2.16 bits per heavy atom. The molecule has 6 rings (SSSR count). The Kier molecular flexibility index (Phi) is 4.59. The molecular weight excluding hydrogens is 458 g/mol. The summed E-state index contributed by atoms with van der Waals surface area (Å²) in [7, 11) is 0. The third-order valence-corrected chi connectivity index (χ3v) is 6.88. The first-order valence-corrected chi connectivity index (χ1v) is 11.3. The monoisotopic (exact) mass is 479 g/mol. The van der Waals surface area contributed by atoms with Crippen LogP contribution in [0, 0.1) is 0 Å². The quantitative estimate of drug-likeness (QED) is 0.385. The molecule has 3 aliphatic heterocycles. The van der Waals surface area contributed by atoms with Crippen molar-refractivity contribution >= 4 is 43.9 Å². The Morgan fingerprint density at radius 3 is 3.00 bits per heavy atom. The van der Waals surface area contributed by atoms with Crippen molar-refractivity contribution in [3.8, 4) is 5.88 Å². The van der Waals surface area contributed by atoms with Crippen molar-refractivity contribution < 1.29 is 9.94 Å². The van der Waals surface area contributed by atoms with Crippen molar-refractivity contribution in [3.63, 3.8) is 0 Å². The number of oxime groups is 1. The van der Waals surface area contributed by atoms with Gasteiger partial charge in [-0.25, -0.2) is 4.99 Å². The summed E-state index contributed by atoms with van der Waals surface area (Å²) in [6.45, 7) is 3.53. The van der Waals surface area contributed by atoms with Gasteiger partial charge in [0.15, 0.2) is 5.88 Å². The van der Waals surface area contributed by atoms with Gasteiger partial charge in [0.1, 0.15) is 18.0 Å². The van der Waals surface area contributed by atoms with Crippen LogP contribution in [0.4, 0.5) is 5.69 Å². The smallest absolute Gasteiger partial charge is 0.199 e. The maximum absolute atomic E-state index is 10.7. The molecule has 31 heavy (non-hydrogen) atoms. The summed E-state index contributed by atoms with van der Waals surface area (Å²) in [6.07, 6.45) is 1.23. The molecule has 3 N–H and O–H groups in total. The molecule has 1 aromatic heterocycles. The Morgan fingerprint density at radius 1 is 1.26 bits per heavy atom. The summed E-state index contributed by atoms with van der Waals surface area (Å²) in [4.78, 5) is 16.1. The number of hydrogen-bond acceptors (Lipinski definition) is 6. The zero-order valence-electron chi connectivity index (χ0n) is 16.8. The zero-order valence-corrected chi connectivity index (χ0v) is 18.4. The summed E-state index contributed by atoms with van der Waals surface area (Å²) < 4.78 is 0.931. The van der Waals surface area contributed by atoms with Crippen molar-refractivity contribution in [1.29, 1.82) is 0 Å². The van der Waals surface area contributed by atoms with Crippen LogP contribution in [0.25, 0.3) is 10.9 Å². The van der Waals surface area contributed by atoms with Gasteiger partial charge >= 0.3 is 0 Å². The third-order valence-electron chi connectivity index (χ3n) is 6.39. The molecule has 7 nitrogen and oxygen atoms in total. The Bertz CT molecular complexity index is 1230. The number of piperazine rings is 1. The molecule has 8 heteroatoms. The number of rotatable bonds is 5. The van der Waals surface area contributed by atoms with Gasteiger partial charge in [0.2, 0.25) is 0 Å². The zero-order chi connectivity index (χ0) is 20.9. The maximum Gasteiger partial charge on any atom is 0.199 e. The van der Waals surface area contributed by atoms with Crippen molar-refractivity contribution in [2.75, 3.05) is 26.2 Å². The van der Waals surface area contributed by atoms with Crippen LogP contribution in [0.1, 0.15) is 17.5 Å². The maximum atomic E-state index is 10.7. The van der Waals surface area contributed by atoms with E-state index in [1.54, 1.807) is 0 Å². The predicted octanol–water partition coefficient (Wildman–Crippen LogP) is 3.54. The van der Waals surface area contributed by atoms with E-state index in [1.165, 1.54) is 6.42 Å². The topological polar surface area (TPSA) is 85.2 Å². The van der Waals surface area contributed by atoms with E-state index in [1.807, 2.05) is 42.5 Å². The lowest BCUT2D eigenvalue weighted by Crippen LogP contribution is -2.44. The molecule has 4 heterocycles. The highest BCUT2D eigenvalue weighted by Crippen LogP contribution is 2.36. The molecule has 158 valence electrons. The number of halogens is 1. The minimum Gasteiger partial charge on any atom is -0.494 e. The van der Waals surface area contributed by atoms with E-state index in [2.05, 4.69) is 36.3 Å². The van der Waals surface area contributed by atoms with E-state index in [0.29, 0.717) is 35.7 Å². The van der Waals surface area contributed by atoms with Crippen LogP contribution in [0.2, 0.25) is 0 Å². The van der Waals surface area contributed by atoms with Gasteiger partial charge in [0.25, 0.3) is 0 Å². The Hall–Kier alpha value is -2.68. The van der Waals surface area contributed by atoms with E-state index < -0.39 is 0 Å². The third kappa shape index (κ3) is 3.26. The molecular formula is C23H22BrN5O2. The van der Waals surface area contributed by atoms with Gasteiger partial charge in [0, 0.05) is 52.7 Å². The van der Waals surface area contributed by atoms with Crippen LogP contribution >= 0.6 is 15.9 Å². The van der Waals surface area contributed by atoms with E-state index in [4.69, 9.17) is 9.83 Å². The van der Waals surface area contributed by atoms with Crippen LogP contribution in [0.15, 0.2) is 57.1 Å². The standard InChI is InChI=1S/C23H22BrN5O2/c24-13-5-6-19-17(9-13)20(23(30)27-19)22-21(16-3-1-2-4-18(16)26-22)28-31-8-7-29-12-14-10-15(29)11-25-14/h1-6,9,14-15,25,27,30H,7-8,10-12H2/b28-21+/t14-,15-/m0/s1. The number of nitrogens with one attached hydrogen (secondary N) is 2. The minimum absolute atomic E-state index is 0.0768. The van der Waals surface area contributed by atoms with Gasteiger partial charge in [0.05, 0.1) is 11.3 Å². The number of likely N-dealkylation sites (tertiary alicyclic amines) is 1. The SMILES string of the molecule is Oc1[nH]c2ccc(Br)cc2c1C1=Nc2ccccc2/C1=N\OCCN1C[C@@H]2C[C@H]1CN2. The molecule has 2 atom stereocenters. The normalized spacial score (nSPS) is 23.6. The van der Waals surface area contributed by atoms with Gasteiger partial charge in [-0.2, -0.15) is 0 Å². The van der Waals surface area contributed by atoms with Crippen LogP contribution in [-0.4, -0.2) is 64.7 Å². The van der Waals surface area contributed by atoms with E-state index >= 15 is 0 Å². The van der Waals surface area contributed by atoms with Crippen LogP contribution in [0.3, 0.4) is 0 Å². The minimum atomic E-state index is 0.0768. The van der Waals surface area contributed by atoms with Gasteiger partial charge in [-0.05, 0) is 30.7 Å². The highest BCUT2D eigenvalue weighted by atomic mass is 79.9. The van der Waals surface area contributed by atoms with Crippen molar-refractivity contribution in [3.05, 3.63) is 58.1 Å². The second-order valence-electron chi connectivity index (χ2n) is 8.28. The van der Waals surface area contributed by atoms with Gasteiger partial charge in [-0.1, -0.05) is 39.3 Å². The molecule has 0 aliphatic carbocycles. The molecule has 2 fully saturated rings. The number of para-hydroxylation sites is 1. The van der Waals surface area contributed by atoms with Gasteiger partial charge < -0.3 is 20.2 Å². The van der Waals surface area contributed by atoms with Gasteiger partial charge in [-0.15, -0.1) is 0 Å². The molecule has 3 aliphatic rings. The number of fused-ring (bicyclic) bond motifs is 4. The largest absolute Gasteiger partial charge is 0.494 e. The van der Waals surface area contributed by atoms with Gasteiger partial charge in [-0.3, -0.25) is 4.90 Å². The second kappa shape index (κ2) is 7.47. The van der Waals surface area contributed by atoms with Crippen LogP contribution in [0.5, 0.6) is 5.88 Å². The molecule has 0 saturated carbocycles. The first-order valence-electron chi connectivity index (χ1n) is 10.5. The number of aromatic hydroxyl groups is 1. The highest BCUT2D eigenvalue weighted by Gasteiger charge is 2.37. The average molecular weight is 480 g/mol. The lowest BCUT2D eigenvalue weighted by Gasteiger charge is -2.26. The summed E-state index contributed by atoms with van der Waals surface area (Å²) in [5.74, 6) is 0.0768. The fourth-order valence-electron chi connectivity index (χ4n) is 4.92. The van der Waals surface area contributed by atoms with Crippen LogP contribution in [-0.2, 0) is 4.84 Å². The fraction of sp³-hybridized carbons (Fsp3) is 0.304. The van der Waals surface area contributed by atoms with E-state index in [9.17, 15) is 5.11 Å². The molecule has 0 radical (unpaired) electrons. The van der Waals surface area contributed by atoms with Crippen molar-refractivity contribution in [1.82, 2.24) is 15.2 Å². The number of aromatic amines is 1. The second-order valence-corrected chi connectivity index (χ2v) is 9.19. The summed E-state index contributed by atoms with van der Waals surface area (Å²) >= 11 is 3.53. The first kappa shape index (κ1) is 19.0. The first-order chi connectivity index (χ1) is 15.2. The van der Waals surface area contributed by atoms with Crippen molar-refractivity contribution in [2.24, 2.45) is 10.1 Å². The number of aromatic nitrogens is 1. The number of aliphatic imine (C=N–C) groups is 1. The Labute approximate surface area is 187 Å². The molecule has 3 aromatic rings. The lowest BCUT2D eigenvalue weighted by molar-refractivity contribution is 0.101.